The van der Waals surface area contributed by atoms with Gasteiger partial charge in [-0.3, -0.25) is 4.79 Å². The second-order valence-electron chi connectivity index (χ2n) is 7.32. The van der Waals surface area contributed by atoms with E-state index in [-0.39, 0.29) is 11.9 Å². The minimum absolute atomic E-state index is 0.146. The molecule has 4 rings (SSSR count). The van der Waals surface area contributed by atoms with Crippen LogP contribution in [0.4, 0.5) is 0 Å². The lowest BCUT2D eigenvalue weighted by Gasteiger charge is -2.36. The number of aromatic nitrogens is 2. The molecule has 1 N–H and O–H groups in total. The fourth-order valence-electron chi connectivity index (χ4n) is 4.15. The third kappa shape index (κ3) is 2.81. The molecule has 1 unspecified atom stereocenters. The number of fused-ring (bicyclic) bond motifs is 1. The molecule has 1 atom stereocenters. The van der Waals surface area contributed by atoms with Crippen LogP contribution in [-0.2, 0) is 7.05 Å². The summed E-state index contributed by atoms with van der Waals surface area (Å²) in [6, 6.07) is 4.48. The van der Waals surface area contributed by atoms with Gasteiger partial charge in [0.05, 0.1) is 5.56 Å². The van der Waals surface area contributed by atoms with E-state index >= 15 is 0 Å². The molecule has 136 valence electrons. The van der Waals surface area contributed by atoms with Gasteiger partial charge < -0.3 is 14.8 Å². The predicted octanol–water partition coefficient (Wildman–Crippen LogP) is 3.39. The second-order valence-corrected chi connectivity index (χ2v) is 7.32. The van der Waals surface area contributed by atoms with Crippen molar-refractivity contribution in [2.75, 3.05) is 7.05 Å². The minimum Gasteiger partial charge on any atom is -0.391 e. The molecule has 5 nitrogen and oxygen atoms in total. The number of carbonyl (C=O) groups is 1. The van der Waals surface area contributed by atoms with Gasteiger partial charge in [0.2, 0.25) is 0 Å². The van der Waals surface area contributed by atoms with Crippen LogP contribution in [0.2, 0.25) is 0 Å². The molecule has 1 fully saturated rings. The summed E-state index contributed by atoms with van der Waals surface area (Å²) >= 11 is 0. The molecule has 26 heavy (non-hydrogen) atoms. The van der Waals surface area contributed by atoms with Gasteiger partial charge in [0, 0.05) is 49.7 Å². The maximum atomic E-state index is 13.5. The van der Waals surface area contributed by atoms with Gasteiger partial charge in [-0.05, 0) is 49.8 Å². The average Bonchev–Trinajstić information content (AvgIpc) is 3.43. The normalized spacial score (nSPS) is 20.3. The van der Waals surface area contributed by atoms with E-state index in [9.17, 15) is 4.79 Å². The fourth-order valence-corrected chi connectivity index (χ4v) is 4.15. The zero-order chi connectivity index (χ0) is 18.3. The standard InChI is InChI=1S/C21H26N4O/c1-4-14-13-16(7-8-19(14)22-2)25(15-5-6-15)21(26)18-9-11-23-20-17(18)10-12-24(20)3/h4,9-12,15-16,22H,1,5-8,13H2,2-3H3. The molecule has 2 aliphatic rings. The molecule has 0 bridgehead atoms. The molecular weight excluding hydrogens is 324 g/mol. The van der Waals surface area contributed by atoms with Crippen LogP contribution in [0.3, 0.4) is 0 Å². The van der Waals surface area contributed by atoms with Gasteiger partial charge in [-0.2, -0.15) is 0 Å². The smallest absolute Gasteiger partial charge is 0.255 e. The van der Waals surface area contributed by atoms with E-state index < -0.39 is 0 Å². The number of pyridine rings is 1. The number of carbonyl (C=O) groups excluding carboxylic acids is 1. The van der Waals surface area contributed by atoms with E-state index in [4.69, 9.17) is 0 Å². The summed E-state index contributed by atoms with van der Waals surface area (Å²) in [5, 5.41) is 4.23. The monoisotopic (exact) mass is 350 g/mol. The number of hydrogen-bond acceptors (Lipinski definition) is 3. The Labute approximate surface area is 154 Å². The second kappa shape index (κ2) is 6.63. The van der Waals surface area contributed by atoms with E-state index in [1.165, 1.54) is 11.3 Å². The summed E-state index contributed by atoms with van der Waals surface area (Å²) in [5.41, 5.74) is 4.13. The molecule has 0 aliphatic heterocycles. The first kappa shape index (κ1) is 16.9. The van der Waals surface area contributed by atoms with Crippen molar-refractivity contribution in [3.63, 3.8) is 0 Å². The van der Waals surface area contributed by atoms with Crippen LogP contribution in [-0.4, -0.2) is 39.5 Å². The SMILES string of the molecule is C=CC1=C(NC)CCC(N(C(=O)c2ccnc3c2ccn3C)C2CC2)C1. The first-order valence-electron chi connectivity index (χ1n) is 9.39. The quantitative estimate of drug-likeness (QED) is 0.899. The maximum absolute atomic E-state index is 13.5. The highest BCUT2D eigenvalue weighted by molar-refractivity contribution is 6.06. The molecule has 2 aromatic heterocycles. The van der Waals surface area contributed by atoms with Crippen molar-refractivity contribution in [2.45, 2.75) is 44.2 Å². The van der Waals surface area contributed by atoms with Crippen molar-refractivity contribution in [2.24, 2.45) is 7.05 Å². The molecule has 1 saturated carbocycles. The van der Waals surface area contributed by atoms with E-state index in [0.717, 1.165) is 48.7 Å². The summed E-state index contributed by atoms with van der Waals surface area (Å²) in [6.07, 6.45) is 10.7. The molecule has 0 spiro atoms. The maximum Gasteiger partial charge on any atom is 0.255 e. The third-order valence-corrected chi connectivity index (χ3v) is 5.69. The minimum atomic E-state index is 0.146. The Morgan fingerprint density at radius 3 is 2.85 bits per heavy atom. The van der Waals surface area contributed by atoms with Crippen molar-refractivity contribution < 1.29 is 4.79 Å². The number of nitrogens with one attached hydrogen (secondary N) is 1. The van der Waals surface area contributed by atoms with E-state index in [2.05, 4.69) is 21.8 Å². The van der Waals surface area contributed by atoms with Crippen LogP contribution >= 0.6 is 0 Å². The van der Waals surface area contributed by atoms with Gasteiger partial charge in [-0.25, -0.2) is 4.98 Å². The first-order chi connectivity index (χ1) is 12.6. The zero-order valence-corrected chi connectivity index (χ0v) is 15.5. The molecule has 5 heteroatoms. The summed E-state index contributed by atoms with van der Waals surface area (Å²) < 4.78 is 1.96. The van der Waals surface area contributed by atoms with Crippen molar-refractivity contribution in [1.82, 2.24) is 19.8 Å². The van der Waals surface area contributed by atoms with Gasteiger partial charge in [-0.1, -0.05) is 12.7 Å². The van der Waals surface area contributed by atoms with Crippen molar-refractivity contribution in [3.05, 3.63) is 54.0 Å². The lowest BCUT2D eigenvalue weighted by Crippen LogP contribution is -2.44. The number of aryl methyl sites for hydroxylation is 1. The Morgan fingerprint density at radius 1 is 1.35 bits per heavy atom. The van der Waals surface area contributed by atoms with Gasteiger partial charge in [-0.15, -0.1) is 0 Å². The Morgan fingerprint density at radius 2 is 2.15 bits per heavy atom. The molecule has 0 aromatic carbocycles. The Bertz CT molecular complexity index is 891. The summed E-state index contributed by atoms with van der Waals surface area (Å²) in [4.78, 5) is 20.1. The highest BCUT2D eigenvalue weighted by atomic mass is 16.2. The molecular formula is C21H26N4O. The topological polar surface area (TPSA) is 50.2 Å². The van der Waals surface area contributed by atoms with Gasteiger partial charge in [0.25, 0.3) is 5.91 Å². The largest absolute Gasteiger partial charge is 0.391 e. The number of allylic oxidation sites excluding steroid dienone is 2. The molecule has 2 heterocycles. The molecule has 0 saturated heterocycles. The predicted molar refractivity (Wildman–Crippen MR) is 104 cm³/mol. The van der Waals surface area contributed by atoms with Crippen LogP contribution in [0.5, 0.6) is 0 Å². The summed E-state index contributed by atoms with van der Waals surface area (Å²) in [6.45, 7) is 3.97. The molecule has 2 aromatic rings. The van der Waals surface area contributed by atoms with Gasteiger partial charge in [0.15, 0.2) is 0 Å². The van der Waals surface area contributed by atoms with Crippen LogP contribution in [0.15, 0.2) is 48.5 Å². The van der Waals surface area contributed by atoms with E-state index in [1.54, 1.807) is 6.20 Å². The number of nitrogens with zero attached hydrogens (tertiary/aromatic N) is 3. The third-order valence-electron chi connectivity index (χ3n) is 5.69. The highest BCUT2D eigenvalue weighted by Gasteiger charge is 2.39. The van der Waals surface area contributed by atoms with Crippen LogP contribution < -0.4 is 5.32 Å². The Balaban J connectivity index is 1.68. The van der Waals surface area contributed by atoms with Crippen LogP contribution in [0.1, 0.15) is 42.5 Å². The number of amides is 1. The Kier molecular flexibility index (Phi) is 4.31. The van der Waals surface area contributed by atoms with Gasteiger partial charge in [0.1, 0.15) is 5.65 Å². The molecule has 0 radical (unpaired) electrons. The number of rotatable bonds is 5. The molecule has 2 aliphatic carbocycles. The zero-order valence-electron chi connectivity index (χ0n) is 15.5. The van der Waals surface area contributed by atoms with Crippen molar-refractivity contribution >= 4 is 16.9 Å². The van der Waals surface area contributed by atoms with Crippen LogP contribution in [0, 0.1) is 0 Å². The fraction of sp³-hybridized carbons (Fsp3) is 0.429. The summed E-state index contributed by atoms with van der Waals surface area (Å²) in [5.74, 6) is 0.146. The van der Waals surface area contributed by atoms with Crippen LogP contribution in [0.25, 0.3) is 11.0 Å². The highest BCUT2D eigenvalue weighted by Crippen LogP contribution is 2.37. The average molecular weight is 350 g/mol. The van der Waals surface area contributed by atoms with E-state index in [0.29, 0.717) is 6.04 Å². The summed E-state index contributed by atoms with van der Waals surface area (Å²) in [7, 11) is 3.93. The number of hydrogen-bond donors (Lipinski definition) is 1. The lowest BCUT2D eigenvalue weighted by molar-refractivity contribution is 0.0645. The van der Waals surface area contributed by atoms with E-state index in [1.807, 2.05) is 43.1 Å². The van der Waals surface area contributed by atoms with Crippen molar-refractivity contribution in [1.29, 1.82) is 0 Å². The Hall–Kier alpha value is -2.56. The lowest BCUT2D eigenvalue weighted by atomic mass is 9.90. The van der Waals surface area contributed by atoms with Gasteiger partial charge >= 0.3 is 0 Å². The first-order valence-corrected chi connectivity index (χ1v) is 9.39. The molecule has 1 amide bonds. The van der Waals surface area contributed by atoms with Crippen molar-refractivity contribution in [3.8, 4) is 0 Å².